The Hall–Kier alpha value is -4.02. The van der Waals surface area contributed by atoms with Crippen LogP contribution in [0.25, 0.3) is 22.0 Å². The minimum atomic E-state index is -4.02. The number of anilines is 1. The molecule has 2 heterocycles. The van der Waals surface area contributed by atoms with Gasteiger partial charge in [0.1, 0.15) is 5.82 Å². The van der Waals surface area contributed by atoms with Gasteiger partial charge in [0.15, 0.2) is 0 Å². The minimum absolute atomic E-state index is 0.0598. The molecule has 1 aliphatic carbocycles. The number of unbranched alkanes of at least 4 members (excludes halogenated alkanes) is 1. The summed E-state index contributed by atoms with van der Waals surface area (Å²) in [6, 6.07) is 20.1. The maximum Gasteiger partial charge on any atom is 0.264 e. The Balaban J connectivity index is 1.31. The average molecular weight is 601 g/mol. The fourth-order valence-corrected chi connectivity index (χ4v) is 6.76. The molecule has 2 fully saturated rings. The van der Waals surface area contributed by atoms with Gasteiger partial charge < -0.3 is 9.64 Å². The number of fused-ring (bicyclic) bond motifs is 1. The number of aromatic nitrogens is 2. The lowest BCUT2D eigenvalue weighted by molar-refractivity contribution is -0.120. The number of morpholine rings is 1. The summed E-state index contributed by atoms with van der Waals surface area (Å²) in [5.41, 5.74) is 3.73. The molecular formula is C33H36N4O5S. The van der Waals surface area contributed by atoms with E-state index in [0.717, 1.165) is 55.8 Å². The highest BCUT2D eigenvalue weighted by atomic mass is 32.2. The van der Waals surface area contributed by atoms with Crippen LogP contribution in [0.3, 0.4) is 0 Å². The van der Waals surface area contributed by atoms with Crippen LogP contribution in [0, 0.1) is 5.92 Å². The first kappa shape index (κ1) is 29.1. The summed E-state index contributed by atoms with van der Waals surface area (Å²) in [7, 11) is -4.02. The van der Waals surface area contributed by atoms with Gasteiger partial charge in [0.2, 0.25) is 5.91 Å². The van der Waals surface area contributed by atoms with Crippen molar-refractivity contribution < 1.29 is 17.9 Å². The van der Waals surface area contributed by atoms with E-state index in [2.05, 4.69) is 16.5 Å². The molecule has 0 bridgehead atoms. The minimum Gasteiger partial charge on any atom is -0.378 e. The van der Waals surface area contributed by atoms with E-state index < -0.39 is 15.9 Å². The molecule has 1 saturated heterocycles. The van der Waals surface area contributed by atoms with Crippen molar-refractivity contribution in [1.29, 1.82) is 0 Å². The molecule has 1 amide bonds. The van der Waals surface area contributed by atoms with E-state index >= 15 is 0 Å². The number of rotatable bonds is 10. The summed E-state index contributed by atoms with van der Waals surface area (Å²) >= 11 is 0. The van der Waals surface area contributed by atoms with Gasteiger partial charge in [0.05, 0.1) is 35.6 Å². The third kappa shape index (κ3) is 6.35. The lowest BCUT2D eigenvalue weighted by Gasteiger charge is -2.29. The lowest BCUT2D eigenvalue weighted by atomic mass is 10.0. The first-order valence-electron chi connectivity index (χ1n) is 15.0. The van der Waals surface area contributed by atoms with Crippen molar-refractivity contribution in [1.82, 2.24) is 14.3 Å². The molecule has 2 aliphatic rings. The Kier molecular flexibility index (Phi) is 8.32. The maximum atomic E-state index is 13.9. The number of aryl methyl sites for hydroxylation is 1. The number of sulfonamides is 1. The second-order valence-corrected chi connectivity index (χ2v) is 12.9. The second-order valence-electron chi connectivity index (χ2n) is 11.3. The molecule has 0 atom stereocenters. The van der Waals surface area contributed by atoms with Crippen LogP contribution in [-0.2, 0) is 32.5 Å². The molecule has 0 unspecified atom stereocenters. The molecule has 4 aromatic rings. The predicted molar refractivity (Wildman–Crippen MR) is 167 cm³/mol. The highest BCUT2D eigenvalue weighted by Gasteiger charge is 2.33. The zero-order chi connectivity index (χ0) is 30.0. The molecule has 0 spiro atoms. The van der Waals surface area contributed by atoms with Crippen molar-refractivity contribution in [2.75, 3.05) is 31.2 Å². The fourth-order valence-electron chi connectivity index (χ4n) is 5.49. The van der Waals surface area contributed by atoms with Gasteiger partial charge in [-0.2, -0.15) is 0 Å². The van der Waals surface area contributed by atoms with Gasteiger partial charge in [-0.1, -0.05) is 55.8 Å². The molecule has 10 heteroatoms. The number of carbonyl (C=O) groups excluding carboxylic acids is 1. The molecule has 43 heavy (non-hydrogen) atoms. The molecule has 6 rings (SSSR count). The van der Waals surface area contributed by atoms with Crippen molar-refractivity contribution in [2.45, 2.75) is 50.5 Å². The van der Waals surface area contributed by atoms with Gasteiger partial charge in [0.25, 0.3) is 15.6 Å². The normalized spacial score (nSPS) is 15.5. The molecule has 3 aromatic carbocycles. The highest BCUT2D eigenvalue weighted by Crippen LogP contribution is 2.31. The van der Waals surface area contributed by atoms with Gasteiger partial charge in [0, 0.05) is 36.7 Å². The van der Waals surface area contributed by atoms with E-state index in [-0.39, 0.29) is 16.4 Å². The number of nitrogens with one attached hydrogen (secondary N) is 1. The Morgan fingerprint density at radius 2 is 1.77 bits per heavy atom. The molecule has 0 radical (unpaired) electrons. The number of ether oxygens (including phenoxy) is 1. The lowest BCUT2D eigenvalue weighted by Crippen LogP contribution is -2.36. The summed E-state index contributed by atoms with van der Waals surface area (Å²) in [6.45, 7) is 5.36. The van der Waals surface area contributed by atoms with Crippen molar-refractivity contribution in [3.05, 3.63) is 88.5 Å². The van der Waals surface area contributed by atoms with Crippen LogP contribution in [0.4, 0.5) is 5.69 Å². The summed E-state index contributed by atoms with van der Waals surface area (Å²) in [5.74, 6) is 0.0864. The number of nitrogens with zero attached hydrogens (tertiary/aromatic N) is 3. The topological polar surface area (TPSA) is 111 Å². The number of benzene rings is 3. The summed E-state index contributed by atoms with van der Waals surface area (Å²) in [5, 5.41) is 0.591. The van der Waals surface area contributed by atoms with Crippen LogP contribution in [0.2, 0.25) is 0 Å². The zero-order valence-corrected chi connectivity index (χ0v) is 25.1. The highest BCUT2D eigenvalue weighted by molar-refractivity contribution is 7.90. The molecule has 9 nitrogen and oxygen atoms in total. The third-order valence-electron chi connectivity index (χ3n) is 8.11. The van der Waals surface area contributed by atoms with Crippen LogP contribution >= 0.6 is 0 Å². The fraction of sp³-hybridized carbons (Fsp3) is 0.364. The summed E-state index contributed by atoms with van der Waals surface area (Å²) in [6.07, 6.45) is 4.04. The standard InChI is InChI=1S/C33H36N4O5S/c1-2-3-8-31-34-29-16-15-26(36-17-19-42-20-18-36)21-28(29)33(39)37(31)22-23-9-11-24(12-10-23)27-6-4-5-7-30(27)43(40,41)35-32(38)25-13-14-25/h4-7,9-12,15-16,21,25H,2-3,8,13-14,17-20,22H2,1H3,(H,35,38). The smallest absolute Gasteiger partial charge is 0.264 e. The van der Waals surface area contributed by atoms with Crippen LogP contribution in [0.15, 0.2) is 76.4 Å². The van der Waals surface area contributed by atoms with Crippen molar-refractivity contribution in [2.24, 2.45) is 5.92 Å². The van der Waals surface area contributed by atoms with Gasteiger partial charge in [-0.15, -0.1) is 0 Å². The maximum absolute atomic E-state index is 13.9. The van der Waals surface area contributed by atoms with Crippen molar-refractivity contribution in [3.63, 3.8) is 0 Å². The van der Waals surface area contributed by atoms with Crippen LogP contribution in [0.5, 0.6) is 0 Å². The van der Waals surface area contributed by atoms with E-state index in [0.29, 0.717) is 48.2 Å². The second kappa shape index (κ2) is 12.3. The van der Waals surface area contributed by atoms with E-state index in [1.807, 2.05) is 42.5 Å². The Bertz CT molecular complexity index is 1810. The van der Waals surface area contributed by atoms with Gasteiger partial charge >= 0.3 is 0 Å². The van der Waals surface area contributed by atoms with Crippen molar-refractivity contribution >= 4 is 32.5 Å². The molecule has 1 N–H and O–H groups in total. The Morgan fingerprint density at radius 3 is 2.49 bits per heavy atom. The molecular weight excluding hydrogens is 564 g/mol. The first-order chi connectivity index (χ1) is 20.8. The van der Waals surface area contributed by atoms with Gasteiger partial charge in [-0.25, -0.2) is 18.1 Å². The van der Waals surface area contributed by atoms with E-state index in [4.69, 9.17) is 9.72 Å². The average Bonchev–Trinajstić information content (AvgIpc) is 3.88. The van der Waals surface area contributed by atoms with Gasteiger partial charge in [-0.3, -0.25) is 14.2 Å². The number of amides is 1. The number of carbonyl (C=O) groups is 1. The first-order valence-corrected chi connectivity index (χ1v) is 16.4. The van der Waals surface area contributed by atoms with E-state index in [1.54, 1.807) is 22.8 Å². The SMILES string of the molecule is CCCCc1nc2ccc(N3CCOCC3)cc2c(=O)n1Cc1ccc(-c2ccccc2S(=O)(=O)NC(=O)C2CC2)cc1. The zero-order valence-electron chi connectivity index (χ0n) is 24.3. The molecule has 224 valence electrons. The van der Waals surface area contributed by atoms with Crippen molar-refractivity contribution in [3.8, 4) is 11.1 Å². The number of hydrogen-bond acceptors (Lipinski definition) is 7. The van der Waals surface area contributed by atoms with Crippen LogP contribution in [0.1, 0.15) is 44.0 Å². The molecule has 1 aliphatic heterocycles. The van der Waals surface area contributed by atoms with E-state index in [9.17, 15) is 18.0 Å². The molecule has 1 aromatic heterocycles. The monoisotopic (exact) mass is 600 g/mol. The Morgan fingerprint density at radius 1 is 1.02 bits per heavy atom. The van der Waals surface area contributed by atoms with Crippen LogP contribution in [-0.4, -0.2) is 50.2 Å². The third-order valence-corrected chi connectivity index (χ3v) is 9.52. The van der Waals surface area contributed by atoms with E-state index in [1.165, 1.54) is 6.07 Å². The Labute approximate surface area is 251 Å². The summed E-state index contributed by atoms with van der Waals surface area (Å²) in [4.78, 5) is 33.4. The largest absolute Gasteiger partial charge is 0.378 e. The van der Waals surface area contributed by atoms with Gasteiger partial charge in [-0.05, 0) is 54.7 Å². The van der Waals surface area contributed by atoms with Crippen LogP contribution < -0.4 is 15.2 Å². The summed E-state index contributed by atoms with van der Waals surface area (Å²) < 4.78 is 35.7. The number of hydrogen-bond donors (Lipinski definition) is 1. The predicted octanol–water partition coefficient (Wildman–Crippen LogP) is 4.51. The quantitative estimate of drug-likeness (QED) is 0.285. The molecule has 1 saturated carbocycles.